The molecule has 2 saturated heterocycles. The summed E-state index contributed by atoms with van der Waals surface area (Å²) in [6, 6.07) is 14.1. The monoisotopic (exact) mass is 868 g/mol. The summed E-state index contributed by atoms with van der Waals surface area (Å²) in [5.41, 5.74) is 8.55. The third kappa shape index (κ3) is 11.6. The minimum Gasteiger partial charge on any atom is -0.490 e. The second-order valence-corrected chi connectivity index (χ2v) is 16.1. The number of oxazole rings is 1. The Morgan fingerprint density at radius 1 is 1.02 bits per heavy atom. The molecule has 0 radical (unpaired) electrons. The molecule has 0 spiro atoms. The average molecular weight is 869 g/mol. The number of aromatic nitrogens is 2. The van der Waals surface area contributed by atoms with Gasteiger partial charge < -0.3 is 40.3 Å². The predicted molar refractivity (Wildman–Crippen MR) is 226 cm³/mol. The summed E-state index contributed by atoms with van der Waals surface area (Å²) >= 11 is 7.22. The van der Waals surface area contributed by atoms with Gasteiger partial charge in [-0.1, -0.05) is 42.4 Å². The molecule has 2 aliphatic heterocycles. The van der Waals surface area contributed by atoms with Crippen molar-refractivity contribution in [3.8, 4) is 34.4 Å². The van der Waals surface area contributed by atoms with Crippen molar-refractivity contribution in [2.24, 2.45) is 5.92 Å². The van der Waals surface area contributed by atoms with Gasteiger partial charge in [0.15, 0.2) is 11.9 Å². The maximum atomic E-state index is 13.2. The van der Waals surface area contributed by atoms with Gasteiger partial charge >= 0.3 is 11.9 Å². The smallest absolute Gasteiger partial charge is 0.328 e. The molecule has 61 heavy (non-hydrogen) atoms. The summed E-state index contributed by atoms with van der Waals surface area (Å²) < 4.78 is 22.9. The minimum absolute atomic E-state index is 0.00166. The van der Waals surface area contributed by atoms with Crippen molar-refractivity contribution in [1.82, 2.24) is 25.9 Å². The van der Waals surface area contributed by atoms with Crippen molar-refractivity contribution >= 4 is 58.5 Å². The highest BCUT2D eigenvalue weighted by molar-refractivity contribution is 7.98. The number of nitrogens with two attached hydrogens (primary N) is 1. The Labute approximate surface area is 362 Å². The fourth-order valence-electron chi connectivity index (χ4n) is 6.79. The Bertz CT molecular complexity index is 2300. The molecule has 2 aliphatic rings. The lowest BCUT2D eigenvalue weighted by molar-refractivity contribution is -0.164. The highest BCUT2D eigenvalue weighted by Gasteiger charge is 2.30. The van der Waals surface area contributed by atoms with Gasteiger partial charge in [-0.15, -0.1) is 0 Å². The summed E-state index contributed by atoms with van der Waals surface area (Å²) in [5.74, 6) is -1.53. The number of rotatable bonds is 18. The number of pyridine rings is 1. The summed E-state index contributed by atoms with van der Waals surface area (Å²) in [6.45, 7) is 11.8. The van der Waals surface area contributed by atoms with Crippen LogP contribution >= 0.6 is 23.4 Å². The van der Waals surface area contributed by atoms with Crippen LogP contribution in [-0.4, -0.2) is 84.1 Å². The number of ether oxygens (including phenoxy) is 3. The van der Waals surface area contributed by atoms with Gasteiger partial charge in [0, 0.05) is 28.3 Å². The molecule has 2 aromatic carbocycles. The van der Waals surface area contributed by atoms with Crippen LogP contribution in [0.15, 0.2) is 64.2 Å². The number of hydrogen-bond donors (Lipinski definition) is 4. The molecule has 6 rings (SSSR count). The number of nitrogen functional groups attached to an aromatic ring is 1. The number of benzene rings is 2. The highest BCUT2D eigenvalue weighted by atomic mass is 35.5. The lowest BCUT2D eigenvalue weighted by Crippen LogP contribution is -2.48. The van der Waals surface area contributed by atoms with Crippen LogP contribution in [0.4, 0.5) is 11.5 Å². The largest absolute Gasteiger partial charge is 0.490 e. The summed E-state index contributed by atoms with van der Waals surface area (Å²) in [7, 11) is 0. The minimum atomic E-state index is -1.09. The van der Waals surface area contributed by atoms with E-state index < -0.39 is 36.0 Å². The van der Waals surface area contributed by atoms with Crippen LogP contribution in [0.3, 0.4) is 0 Å². The molecular formula is C43H45ClN8O8S. The van der Waals surface area contributed by atoms with Gasteiger partial charge in [0.25, 0.3) is 0 Å². The molecule has 2 fully saturated rings. The van der Waals surface area contributed by atoms with E-state index in [0.717, 1.165) is 31.4 Å². The zero-order chi connectivity index (χ0) is 43.5. The molecule has 318 valence electrons. The molecule has 2 aromatic heterocycles. The summed E-state index contributed by atoms with van der Waals surface area (Å²) in [6.07, 6.45) is 3.53. The van der Waals surface area contributed by atoms with Crippen LogP contribution < -0.4 is 26.4 Å². The standard InChI is InChI=1S/C43H45ClN8O8S/c1-24(18-35(53)33-6-4-16-48-33)42(55)59-22-31(60-43(56)25(2)50-39(54)34-7-5-17-49-34)21-57-30-14-10-26(11-15-30)36-32(19-45)41(52-38(46)37(36)47-3)61-23-29-20-58-40(51-29)27-8-12-28(44)13-9-27/h8-15,20,24-25,31,33-34,48-49H,4-7,16-18,21-23H2,1-2H3,(H2,46,52)(H,50,54)/t24-,25+,31+,33+,34+/m1/s1. The van der Waals surface area contributed by atoms with Crippen molar-refractivity contribution in [2.45, 2.75) is 81.0 Å². The van der Waals surface area contributed by atoms with Crippen LogP contribution in [0.2, 0.25) is 5.02 Å². The van der Waals surface area contributed by atoms with E-state index in [1.54, 1.807) is 55.5 Å². The third-order valence-corrected chi connectivity index (χ3v) is 11.4. The van der Waals surface area contributed by atoms with Crippen molar-refractivity contribution in [1.29, 1.82) is 5.26 Å². The number of halogens is 1. The first kappa shape index (κ1) is 44.6. The van der Waals surface area contributed by atoms with Crippen molar-refractivity contribution in [2.75, 3.05) is 32.0 Å². The van der Waals surface area contributed by atoms with Crippen molar-refractivity contribution in [3.05, 3.63) is 82.5 Å². The van der Waals surface area contributed by atoms with Crippen LogP contribution in [0.25, 0.3) is 27.4 Å². The van der Waals surface area contributed by atoms with E-state index >= 15 is 0 Å². The molecule has 0 bridgehead atoms. The fourth-order valence-corrected chi connectivity index (χ4v) is 7.79. The molecular weight excluding hydrogens is 824 g/mol. The number of hydrogen-bond acceptors (Lipinski definition) is 15. The normalized spacial score (nSPS) is 17.3. The van der Waals surface area contributed by atoms with Gasteiger partial charge in [-0.05, 0) is 87.7 Å². The number of nitrogens with zero attached hydrogens (tertiary/aromatic N) is 4. The number of thioether (sulfide) groups is 1. The van der Waals surface area contributed by atoms with E-state index in [1.165, 1.54) is 24.9 Å². The first-order chi connectivity index (χ1) is 29.4. The molecule has 18 heteroatoms. The van der Waals surface area contributed by atoms with Crippen molar-refractivity contribution in [3.63, 3.8) is 0 Å². The number of esters is 2. The highest BCUT2D eigenvalue weighted by Crippen LogP contribution is 2.42. The number of ketones is 1. The van der Waals surface area contributed by atoms with E-state index in [0.29, 0.717) is 57.2 Å². The first-order valence-corrected chi connectivity index (χ1v) is 21.1. The molecule has 0 saturated carbocycles. The fraction of sp³-hybridized carbons (Fsp3) is 0.395. The lowest BCUT2D eigenvalue weighted by Gasteiger charge is -2.22. The quantitative estimate of drug-likeness (QED) is 0.0527. The van der Waals surface area contributed by atoms with Gasteiger partial charge in [0.1, 0.15) is 48.2 Å². The maximum Gasteiger partial charge on any atom is 0.328 e. The van der Waals surface area contributed by atoms with E-state index in [9.17, 15) is 24.4 Å². The van der Waals surface area contributed by atoms with Gasteiger partial charge in [-0.25, -0.2) is 19.6 Å². The zero-order valence-electron chi connectivity index (χ0n) is 33.6. The maximum absolute atomic E-state index is 13.2. The number of amides is 1. The van der Waals surface area contributed by atoms with Crippen LogP contribution in [0.5, 0.6) is 5.75 Å². The van der Waals surface area contributed by atoms with Crippen LogP contribution in [0.1, 0.15) is 57.2 Å². The van der Waals surface area contributed by atoms with Gasteiger partial charge in [-0.3, -0.25) is 14.4 Å². The van der Waals surface area contributed by atoms with Gasteiger partial charge in [0.2, 0.25) is 17.5 Å². The molecule has 1 amide bonds. The van der Waals surface area contributed by atoms with Gasteiger partial charge in [0.05, 0.1) is 35.8 Å². The average Bonchev–Trinajstić information content (AvgIpc) is 4.09. The predicted octanol–water partition coefficient (Wildman–Crippen LogP) is 5.79. The number of nitrogens with one attached hydrogen (secondary N) is 3. The summed E-state index contributed by atoms with van der Waals surface area (Å²) in [4.78, 5) is 64.0. The molecule has 4 aromatic rings. The van der Waals surface area contributed by atoms with Crippen LogP contribution in [-0.2, 0) is 34.4 Å². The summed E-state index contributed by atoms with van der Waals surface area (Å²) in [5, 5.41) is 20.1. The Balaban J connectivity index is 1.13. The van der Waals surface area contributed by atoms with E-state index in [1.807, 2.05) is 0 Å². The topological polar surface area (TPSA) is 225 Å². The molecule has 4 heterocycles. The number of anilines is 1. The number of nitriles is 1. The Hall–Kier alpha value is -5.98. The number of Topliss-reactive ketones (excluding diaryl/α,β-unsaturated/α-hetero) is 1. The van der Waals surface area contributed by atoms with Gasteiger partial charge in [-0.2, -0.15) is 5.26 Å². The molecule has 16 nitrogen and oxygen atoms in total. The third-order valence-electron chi connectivity index (χ3n) is 10.1. The molecule has 0 unspecified atom stereocenters. The molecule has 5 atom stereocenters. The zero-order valence-corrected chi connectivity index (χ0v) is 35.1. The lowest BCUT2D eigenvalue weighted by atomic mass is 9.99. The number of carbonyl (C=O) groups is 4. The van der Waals surface area contributed by atoms with E-state index in [2.05, 4.69) is 36.8 Å². The molecule has 5 N–H and O–H groups in total. The van der Waals surface area contributed by atoms with E-state index in [-0.39, 0.29) is 54.4 Å². The Kier molecular flexibility index (Phi) is 15.3. The van der Waals surface area contributed by atoms with Crippen molar-refractivity contribution < 1.29 is 37.8 Å². The Morgan fingerprint density at radius 3 is 2.36 bits per heavy atom. The van der Waals surface area contributed by atoms with E-state index in [4.69, 9.17) is 42.5 Å². The van der Waals surface area contributed by atoms with Crippen LogP contribution in [0, 0.1) is 23.8 Å². The first-order valence-electron chi connectivity index (χ1n) is 19.8. The second kappa shape index (κ2) is 21.0. The second-order valence-electron chi connectivity index (χ2n) is 14.7. The number of carbonyl (C=O) groups excluding carboxylic acids is 4. The Morgan fingerprint density at radius 2 is 1.70 bits per heavy atom. The SMILES string of the molecule is [C-]#[N+]c1c(N)nc(SCc2coc(-c3ccc(Cl)cc3)n2)c(C#N)c1-c1ccc(OC[C@@H](COC(=O)[C@H](C)CC(=O)[C@@H]2CCCN2)OC(=O)[C@H](C)NC(=O)[C@@H]2CCCN2)cc1. The molecule has 0 aliphatic carbocycles.